The van der Waals surface area contributed by atoms with Gasteiger partial charge in [0.1, 0.15) is 5.75 Å². The standard InChI is InChI=1S/C37H50N4O4Si/c1-26(2)11-10-12-27(3)19-23-41-33-14-9-8-13-32(33)37(36(41)43)28(4)35(46(6,7)31-17-15-30(44-5)16-18-31)34(45-37)20-22-40-25-29(21-24-42)38-39-40/h8-9,11,13-19,25,28,34-35,42H,10,12,20-24H2,1-7H3/b27-19+/t28-,34+,35-,37+/m0/s1. The minimum atomic E-state index is -2.23. The minimum Gasteiger partial charge on any atom is -0.497 e. The Morgan fingerprint density at radius 1 is 1.11 bits per heavy atom. The maximum atomic E-state index is 14.8. The molecule has 46 heavy (non-hydrogen) atoms. The number of methoxy groups -OCH3 is 1. The Kier molecular flexibility index (Phi) is 10.3. The second-order valence-electron chi connectivity index (χ2n) is 13.7. The van der Waals surface area contributed by atoms with Crippen molar-refractivity contribution < 1.29 is 19.4 Å². The normalized spacial score (nSPS) is 22.9. The van der Waals surface area contributed by atoms with Gasteiger partial charge in [-0.25, -0.2) is 0 Å². The number of nitrogens with zero attached hydrogens (tertiary/aromatic N) is 4. The van der Waals surface area contributed by atoms with Gasteiger partial charge < -0.3 is 19.5 Å². The van der Waals surface area contributed by atoms with Crippen molar-refractivity contribution in [1.82, 2.24) is 15.0 Å². The van der Waals surface area contributed by atoms with Gasteiger partial charge in [0, 0.05) is 43.8 Å². The molecule has 0 saturated carbocycles. The summed E-state index contributed by atoms with van der Waals surface area (Å²) in [5.74, 6) is 0.817. The van der Waals surface area contributed by atoms with E-state index in [1.807, 2.05) is 40.0 Å². The summed E-state index contributed by atoms with van der Waals surface area (Å²) in [6, 6.07) is 16.7. The number of aromatic nitrogens is 3. The van der Waals surface area contributed by atoms with Crippen molar-refractivity contribution in [3.63, 3.8) is 0 Å². The van der Waals surface area contributed by atoms with Crippen molar-refractivity contribution >= 4 is 24.9 Å². The van der Waals surface area contributed by atoms with E-state index in [9.17, 15) is 9.90 Å². The summed E-state index contributed by atoms with van der Waals surface area (Å²) >= 11 is 0. The number of hydrogen-bond acceptors (Lipinski definition) is 6. The van der Waals surface area contributed by atoms with E-state index in [2.05, 4.69) is 87.5 Å². The van der Waals surface area contributed by atoms with Crippen molar-refractivity contribution in [3.8, 4) is 5.75 Å². The molecular formula is C37H50N4O4Si. The van der Waals surface area contributed by atoms with Gasteiger partial charge in [-0.1, -0.05) is 84.0 Å². The van der Waals surface area contributed by atoms with Crippen molar-refractivity contribution in [2.75, 3.05) is 25.2 Å². The second kappa shape index (κ2) is 14.1. The first-order valence-electron chi connectivity index (χ1n) is 16.6. The van der Waals surface area contributed by atoms with E-state index in [4.69, 9.17) is 9.47 Å². The lowest BCUT2D eigenvalue weighted by Crippen LogP contribution is -2.52. The zero-order valence-corrected chi connectivity index (χ0v) is 29.5. The van der Waals surface area contributed by atoms with E-state index in [1.54, 1.807) is 7.11 Å². The summed E-state index contributed by atoms with van der Waals surface area (Å²) in [6.07, 6.45) is 9.35. The Hall–Kier alpha value is -3.53. The van der Waals surface area contributed by atoms with Crippen LogP contribution < -0.4 is 14.8 Å². The molecule has 0 radical (unpaired) electrons. The number of fused-ring (bicyclic) bond motifs is 2. The number of aliphatic hydroxyl groups excluding tert-OH is 1. The Morgan fingerprint density at radius 2 is 1.85 bits per heavy atom. The average Bonchev–Trinajstić information content (AvgIpc) is 3.68. The number of aryl methyl sites for hydroxylation is 1. The zero-order chi connectivity index (χ0) is 33.1. The van der Waals surface area contributed by atoms with Crippen LogP contribution in [0.25, 0.3) is 0 Å². The topological polar surface area (TPSA) is 89.7 Å². The second-order valence-corrected chi connectivity index (χ2v) is 18.4. The summed E-state index contributed by atoms with van der Waals surface area (Å²) in [5, 5.41) is 19.2. The van der Waals surface area contributed by atoms with Crippen LogP contribution in [0.4, 0.5) is 5.69 Å². The number of benzene rings is 2. The average molecular weight is 643 g/mol. The van der Waals surface area contributed by atoms with E-state index in [0.717, 1.165) is 35.5 Å². The third-order valence-electron chi connectivity index (χ3n) is 10.1. The fourth-order valence-corrected chi connectivity index (χ4v) is 11.7. The number of allylic oxidation sites excluding steroid dienone is 3. The molecule has 3 aromatic rings. The van der Waals surface area contributed by atoms with Gasteiger partial charge in [0.15, 0.2) is 5.60 Å². The number of hydrogen-bond donors (Lipinski definition) is 1. The van der Waals surface area contributed by atoms with E-state index in [-0.39, 0.29) is 30.1 Å². The van der Waals surface area contributed by atoms with Gasteiger partial charge >= 0.3 is 0 Å². The minimum absolute atomic E-state index is 0.0348. The number of para-hydroxylation sites is 1. The van der Waals surface area contributed by atoms with Gasteiger partial charge in [-0.05, 0) is 63.8 Å². The first kappa shape index (κ1) is 33.8. The fraction of sp³-hybridized carbons (Fsp3) is 0.486. The fourth-order valence-electron chi connectivity index (χ4n) is 7.59. The molecule has 1 amide bonds. The molecule has 0 bridgehead atoms. The number of carbonyl (C=O) groups is 1. The van der Waals surface area contributed by atoms with Gasteiger partial charge in [-0.2, -0.15) is 0 Å². The summed E-state index contributed by atoms with van der Waals surface area (Å²) < 4.78 is 14.5. The number of rotatable bonds is 13. The molecule has 2 aliphatic heterocycles. The highest BCUT2D eigenvalue weighted by Gasteiger charge is 2.66. The molecule has 1 N–H and O–H groups in total. The molecule has 0 aliphatic carbocycles. The van der Waals surface area contributed by atoms with E-state index in [0.29, 0.717) is 25.9 Å². The summed E-state index contributed by atoms with van der Waals surface area (Å²) in [7, 11) is -0.538. The molecule has 1 saturated heterocycles. The van der Waals surface area contributed by atoms with Crippen LogP contribution in [0.5, 0.6) is 5.75 Å². The van der Waals surface area contributed by atoms with Crippen LogP contribution in [0.3, 0.4) is 0 Å². The first-order valence-corrected chi connectivity index (χ1v) is 19.6. The molecule has 4 atom stereocenters. The van der Waals surface area contributed by atoms with Gasteiger partial charge in [-0.3, -0.25) is 9.48 Å². The summed E-state index contributed by atoms with van der Waals surface area (Å²) in [5.41, 5.74) is 4.38. The maximum absolute atomic E-state index is 14.8. The Morgan fingerprint density at radius 3 is 2.54 bits per heavy atom. The van der Waals surface area contributed by atoms with Gasteiger partial charge in [0.05, 0.1) is 32.7 Å². The van der Waals surface area contributed by atoms with Crippen molar-refractivity contribution in [2.45, 2.75) is 90.3 Å². The van der Waals surface area contributed by atoms with Crippen LogP contribution in [-0.2, 0) is 28.1 Å². The van der Waals surface area contributed by atoms with Gasteiger partial charge in [0.25, 0.3) is 5.91 Å². The molecule has 246 valence electrons. The number of ether oxygens (including phenoxy) is 2. The van der Waals surface area contributed by atoms with E-state index < -0.39 is 13.7 Å². The third-order valence-corrected chi connectivity index (χ3v) is 14.4. The van der Waals surface area contributed by atoms with Crippen LogP contribution in [0.15, 0.2) is 78.0 Å². The molecule has 9 heteroatoms. The SMILES string of the molecule is COc1ccc([Si](C)(C)[C@@H]2[C@@H](CCn3cc(CCO)nn3)O[C@]3(C(=O)N(C/C=C(\C)CCC=C(C)C)c4ccccc43)[C@H]2C)cc1. The van der Waals surface area contributed by atoms with Crippen LogP contribution in [0.2, 0.25) is 18.6 Å². The summed E-state index contributed by atoms with van der Waals surface area (Å²) in [4.78, 5) is 16.8. The molecule has 2 aliphatic rings. The number of carbonyl (C=O) groups excluding carboxylic acids is 1. The molecular weight excluding hydrogens is 593 g/mol. The Bertz CT molecular complexity index is 1580. The van der Waals surface area contributed by atoms with Crippen LogP contribution in [0.1, 0.15) is 58.2 Å². The third kappa shape index (κ3) is 6.50. The summed E-state index contributed by atoms with van der Waals surface area (Å²) in [6.45, 7) is 14.6. The van der Waals surface area contributed by atoms with E-state index >= 15 is 0 Å². The van der Waals surface area contributed by atoms with Crippen molar-refractivity contribution in [3.05, 3.63) is 89.3 Å². The number of aliphatic hydroxyl groups is 1. The van der Waals surface area contributed by atoms with Crippen molar-refractivity contribution in [2.24, 2.45) is 5.92 Å². The highest BCUT2D eigenvalue weighted by atomic mass is 28.3. The highest BCUT2D eigenvalue weighted by Crippen LogP contribution is 2.59. The molecule has 0 unspecified atom stereocenters. The largest absolute Gasteiger partial charge is 0.497 e. The van der Waals surface area contributed by atoms with Crippen molar-refractivity contribution in [1.29, 1.82) is 0 Å². The van der Waals surface area contributed by atoms with Gasteiger partial charge in [0.2, 0.25) is 0 Å². The Balaban J connectivity index is 1.50. The molecule has 5 rings (SSSR count). The lowest BCUT2D eigenvalue weighted by Gasteiger charge is -2.37. The Labute approximate surface area is 275 Å². The molecule has 1 aromatic heterocycles. The lowest BCUT2D eigenvalue weighted by molar-refractivity contribution is -0.145. The quantitative estimate of drug-likeness (QED) is 0.177. The number of amides is 1. The smallest absolute Gasteiger partial charge is 0.264 e. The zero-order valence-electron chi connectivity index (χ0n) is 28.5. The molecule has 1 spiro atoms. The monoisotopic (exact) mass is 642 g/mol. The van der Waals surface area contributed by atoms with Gasteiger partial charge in [-0.15, -0.1) is 5.10 Å². The maximum Gasteiger partial charge on any atom is 0.264 e. The predicted octanol–water partition coefficient (Wildman–Crippen LogP) is 6.17. The van der Waals surface area contributed by atoms with Crippen LogP contribution >= 0.6 is 0 Å². The number of anilines is 1. The van der Waals surface area contributed by atoms with Crippen LogP contribution in [-0.4, -0.2) is 60.4 Å². The highest BCUT2D eigenvalue weighted by molar-refractivity contribution is 6.91. The van der Waals surface area contributed by atoms with E-state index in [1.165, 1.54) is 16.3 Å². The lowest BCUT2D eigenvalue weighted by atomic mass is 9.82. The molecule has 8 nitrogen and oxygen atoms in total. The molecule has 1 fully saturated rings. The molecule has 2 aromatic carbocycles. The van der Waals surface area contributed by atoms with Crippen LogP contribution in [0, 0.1) is 5.92 Å². The first-order chi connectivity index (χ1) is 22.0. The molecule has 3 heterocycles. The predicted molar refractivity (Wildman–Crippen MR) is 186 cm³/mol.